The number of hydrogen-bond donors (Lipinski definition) is 0. The quantitative estimate of drug-likeness (QED) is 0.474. The molecule has 1 aromatic heterocycles. The Balaban J connectivity index is 1.76. The molecule has 0 amide bonds. The molecule has 6 heteroatoms. The molecule has 28 heavy (non-hydrogen) atoms. The van der Waals surface area contributed by atoms with Crippen LogP contribution in [0.15, 0.2) is 47.1 Å². The Morgan fingerprint density at radius 3 is 2.64 bits per heavy atom. The Morgan fingerprint density at radius 2 is 1.82 bits per heavy atom. The van der Waals surface area contributed by atoms with Gasteiger partial charge in [0.2, 0.25) is 5.89 Å². The Kier molecular flexibility index (Phi) is 3.96. The molecule has 1 fully saturated rings. The summed E-state index contributed by atoms with van der Waals surface area (Å²) in [7, 11) is 0. The van der Waals surface area contributed by atoms with Gasteiger partial charge >= 0.3 is 0 Å². The fourth-order valence-corrected chi connectivity index (χ4v) is 4.42. The molecule has 0 saturated heterocycles. The summed E-state index contributed by atoms with van der Waals surface area (Å²) in [5, 5.41) is 0. The van der Waals surface area contributed by atoms with Crippen molar-refractivity contribution in [3.63, 3.8) is 0 Å². The lowest BCUT2D eigenvalue weighted by Gasteiger charge is -2.30. The molecule has 4 bridgehead atoms. The molecule has 2 heterocycles. The van der Waals surface area contributed by atoms with Crippen LogP contribution >= 0.6 is 0 Å². The average Bonchev–Trinajstić information content (AvgIpc) is 3.36. The molecule has 0 N–H and O–H groups in total. The van der Waals surface area contributed by atoms with Gasteiger partial charge in [0, 0.05) is 11.1 Å². The van der Waals surface area contributed by atoms with E-state index in [1.165, 1.54) is 36.6 Å². The Morgan fingerprint density at radius 1 is 1.00 bits per heavy atom. The highest BCUT2D eigenvalue weighted by Crippen LogP contribution is 2.52. The largest absolute Gasteiger partial charge is 0.483 e. The average molecular weight is 385 g/mol. The molecular formula is C22H18F3NO2. The van der Waals surface area contributed by atoms with Crippen LogP contribution < -0.4 is 4.74 Å². The first-order valence-electron chi connectivity index (χ1n) is 9.38. The van der Waals surface area contributed by atoms with E-state index in [1.807, 2.05) is 0 Å². The predicted molar refractivity (Wildman–Crippen MR) is 96.6 cm³/mol. The number of benzene rings is 2. The number of halogens is 3. The number of hydrogen-bond acceptors (Lipinski definition) is 3. The lowest BCUT2D eigenvalue weighted by molar-refractivity contribution is 0.156. The number of para-hydroxylation sites is 1. The molecule has 5 rings (SSSR count). The first-order valence-corrected chi connectivity index (χ1v) is 9.38. The number of nitrogens with zero attached hydrogens (tertiary/aromatic N) is 1. The van der Waals surface area contributed by atoms with E-state index in [0.29, 0.717) is 30.0 Å². The summed E-state index contributed by atoms with van der Waals surface area (Å²) in [5.41, 5.74) is 0.266. The molecule has 1 spiro atoms. The third kappa shape index (κ3) is 2.54. The molecule has 1 aliphatic carbocycles. The number of fused-ring (bicyclic) bond motifs is 7. The molecule has 3 aromatic rings. The third-order valence-electron chi connectivity index (χ3n) is 5.86. The maximum Gasteiger partial charge on any atom is 0.203 e. The summed E-state index contributed by atoms with van der Waals surface area (Å²) in [6.07, 6.45) is 2.97. The number of oxazole rings is 1. The molecule has 1 saturated carbocycles. The molecule has 1 aliphatic heterocycles. The van der Waals surface area contributed by atoms with Gasteiger partial charge in [-0.2, -0.15) is 0 Å². The monoisotopic (exact) mass is 385 g/mol. The number of ether oxygens (including phenoxy) is 1. The topological polar surface area (TPSA) is 35.3 Å². The van der Waals surface area contributed by atoms with Gasteiger partial charge in [-0.3, -0.25) is 0 Å². The van der Waals surface area contributed by atoms with Gasteiger partial charge in [0.05, 0.1) is 5.41 Å². The second-order valence-corrected chi connectivity index (χ2v) is 7.51. The van der Waals surface area contributed by atoms with Crippen molar-refractivity contribution < 1.29 is 22.3 Å². The van der Waals surface area contributed by atoms with E-state index in [1.54, 1.807) is 6.07 Å². The van der Waals surface area contributed by atoms with Gasteiger partial charge < -0.3 is 9.15 Å². The highest BCUT2D eigenvalue weighted by Gasteiger charge is 2.48. The summed E-state index contributed by atoms with van der Waals surface area (Å²) >= 11 is 0. The summed E-state index contributed by atoms with van der Waals surface area (Å²) in [5.74, 6) is -0.933. The second-order valence-electron chi connectivity index (χ2n) is 7.51. The second kappa shape index (κ2) is 6.40. The minimum atomic E-state index is -1.40. The zero-order valence-corrected chi connectivity index (χ0v) is 15.1. The van der Waals surface area contributed by atoms with E-state index < -0.39 is 23.2 Å². The van der Waals surface area contributed by atoms with E-state index in [-0.39, 0.29) is 23.5 Å². The van der Waals surface area contributed by atoms with E-state index in [4.69, 9.17) is 9.15 Å². The summed E-state index contributed by atoms with van der Waals surface area (Å²) in [6.45, 7) is -0.0498. The van der Waals surface area contributed by atoms with Gasteiger partial charge in [0.25, 0.3) is 0 Å². The third-order valence-corrected chi connectivity index (χ3v) is 5.86. The van der Waals surface area contributed by atoms with Crippen LogP contribution in [0.2, 0.25) is 0 Å². The van der Waals surface area contributed by atoms with Crippen LogP contribution in [0.25, 0.3) is 11.1 Å². The SMILES string of the molecule is Fc1ccc2cc1-c1cccc(F)c1OCc1coc(n1)C1(CCCC1)[C@@H]2F. The van der Waals surface area contributed by atoms with Crippen molar-refractivity contribution in [2.24, 2.45) is 0 Å². The minimum Gasteiger partial charge on any atom is -0.483 e. The Hall–Kier alpha value is -2.76. The lowest BCUT2D eigenvalue weighted by Crippen LogP contribution is -2.29. The molecular weight excluding hydrogens is 367 g/mol. The highest BCUT2D eigenvalue weighted by atomic mass is 19.1. The first kappa shape index (κ1) is 17.3. The van der Waals surface area contributed by atoms with Crippen LogP contribution in [0.3, 0.4) is 0 Å². The zero-order chi connectivity index (χ0) is 19.3. The van der Waals surface area contributed by atoms with Crippen molar-refractivity contribution in [2.75, 3.05) is 0 Å². The van der Waals surface area contributed by atoms with Crippen LogP contribution in [-0.2, 0) is 12.0 Å². The Bertz CT molecular complexity index is 1040. The lowest BCUT2D eigenvalue weighted by atomic mass is 9.77. The first-order chi connectivity index (χ1) is 13.6. The van der Waals surface area contributed by atoms with E-state index in [9.17, 15) is 8.78 Å². The van der Waals surface area contributed by atoms with Gasteiger partial charge in [-0.25, -0.2) is 18.2 Å². The zero-order valence-electron chi connectivity index (χ0n) is 15.1. The number of rotatable bonds is 0. The predicted octanol–water partition coefficient (Wildman–Crippen LogP) is 6.03. The van der Waals surface area contributed by atoms with Gasteiger partial charge in [-0.1, -0.05) is 31.0 Å². The van der Waals surface area contributed by atoms with Crippen LogP contribution in [0.1, 0.15) is 49.0 Å². The van der Waals surface area contributed by atoms with E-state index in [0.717, 1.165) is 12.8 Å². The number of alkyl halides is 1. The van der Waals surface area contributed by atoms with Gasteiger partial charge in [0.15, 0.2) is 11.6 Å². The summed E-state index contributed by atoms with van der Waals surface area (Å²) in [4.78, 5) is 4.46. The van der Waals surface area contributed by atoms with E-state index >= 15 is 4.39 Å². The molecule has 3 nitrogen and oxygen atoms in total. The molecule has 1 atom stereocenters. The summed E-state index contributed by atoms with van der Waals surface area (Å²) in [6, 6.07) is 8.41. The van der Waals surface area contributed by atoms with Gasteiger partial charge in [-0.05, 0) is 36.6 Å². The van der Waals surface area contributed by atoms with Crippen LogP contribution in [0.4, 0.5) is 13.2 Å². The van der Waals surface area contributed by atoms with Crippen LogP contribution in [0.5, 0.6) is 5.75 Å². The minimum absolute atomic E-state index is 0.0498. The van der Waals surface area contributed by atoms with Gasteiger partial charge in [0.1, 0.15) is 30.6 Å². The van der Waals surface area contributed by atoms with Crippen LogP contribution in [0, 0.1) is 11.6 Å². The van der Waals surface area contributed by atoms with Crippen LogP contribution in [-0.4, -0.2) is 4.98 Å². The smallest absolute Gasteiger partial charge is 0.203 e. The maximum absolute atomic E-state index is 15.9. The Labute approximate surface area is 160 Å². The van der Waals surface area contributed by atoms with Crippen molar-refractivity contribution in [3.05, 3.63) is 71.4 Å². The molecule has 0 unspecified atom stereocenters. The normalized spacial score (nSPS) is 20.2. The molecule has 2 aliphatic rings. The van der Waals surface area contributed by atoms with Crippen molar-refractivity contribution in [1.82, 2.24) is 4.98 Å². The van der Waals surface area contributed by atoms with Crippen molar-refractivity contribution >= 4 is 0 Å². The highest BCUT2D eigenvalue weighted by molar-refractivity contribution is 5.72. The maximum atomic E-state index is 15.9. The van der Waals surface area contributed by atoms with Crippen molar-refractivity contribution in [1.29, 1.82) is 0 Å². The standard InChI is InChI=1S/C22H18F3NO2/c23-17-7-6-13-10-16(17)15-4-3-5-18(24)19(15)27-11-14-12-28-21(26-14)22(20(13)25)8-1-2-9-22/h3-7,10,12,20H,1-2,8-9,11H2/t20-/m1/s1. The summed E-state index contributed by atoms with van der Waals surface area (Å²) < 4.78 is 56.3. The van der Waals surface area contributed by atoms with Crippen molar-refractivity contribution in [2.45, 2.75) is 43.9 Å². The number of aromatic nitrogens is 1. The van der Waals surface area contributed by atoms with Gasteiger partial charge in [-0.15, -0.1) is 0 Å². The fraction of sp³-hybridized carbons (Fsp3) is 0.318. The fourth-order valence-electron chi connectivity index (χ4n) is 4.42. The molecule has 144 valence electrons. The van der Waals surface area contributed by atoms with E-state index in [2.05, 4.69) is 4.98 Å². The van der Waals surface area contributed by atoms with Crippen molar-refractivity contribution in [3.8, 4) is 16.9 Å². The molecule has 2 aromatic carbocycles. The molecule has 0 radical (unpaired) electrons.